The molecule has 2 unspecified atom stereocenters. The highest BCUT2D eigenvalue weighted by atomic mass is 16.5. The summed E-state index contributed by atoms with van der Waals surface area (Å²) in [5.74, 6) is 5.29. The fraction of sp³-hybridized carbons (Fsp3) is 0.538. The third kappa shape index (κ3) is 2.90. The van der Waals surface area contributed by atoms with Gasteiger partial charge in [-0.15, -0.1) is 0 Å². The predicted molar refractivity (Wildman–Crippen MR) is 74.1 cm³/mol. The average molecular weight is 280 g/mol. The zero-order valence-corrected chi connectivity index (χ0v) is 11.7. The molecule has 2 rings (SSSR count). The highest BCUT2D eigenvalue weighted by Gasteiger charge is 2.31. The number of aliphatic hydroxyl groups excluding tert-OH is 1. The van der Waals surface area contributed by atoms with Crippen LogP contribution in [0.15, 0.2) is 12.3 Å². The molecular formula is C13H20N4O3. The summed E-state index contributed by atoms with van der Waals surface area (Å²) in [6, 6.07) is 1.67. The summed E-state index contributed by atoms with van der Waals surface area (Å²) in [5.41, 5.74) is 4.27. The first-order chi connectivity index (χ1) is 9.56. The number of aliphatic hydroxyl groups is 1. The predicted octanol–water partition coefficient (Wildman–Crippen LogP) is -0.103. The number of hydrogen-bond acceptors (Lipinski definition) is 6. The number of pyridine rings is 1. The van der Waals surface area contributed by atoms with Crippen molar-refractivity contribution in [3.63, 3.8) is 0 Å². The van der Waals surface area contributed by atoms with Crippen LogP contribution in [0.1, 0.15) is 23.0 Å². The van der Waals surface area contributed by atoms with Crippen molar-refractivity contribution in [2.24, 2.45) is 5.84 Å². The van der Waals surface area contributed by atoms with Gasteiger partial charge in [0.15, 0.2) is 0 Å². The minimum atomic E-state index is -0.345. The van der Waals surface area contributed by atoms with Crippen LogP contribution in [0.4, 0.5) is 5.69 Å². The Labute approximate surface area is 117 Å². The summed E-state index contributed by atoms with van der Waals surface area (Å²) in [6.45, 7) is 4.39. The fourth-order valence-electron chi connectivity index (χ4n) is 2.22. The van der Waals surface area contributed by atoms with Crippen molar-refractivity contribution in [2.75, 3.05) is 25.2 Å². The van der Waals surface area contributed by atoms with Gasteiger partial charge in [0.05, 0.1) is 36.6 Å². The number of nitrogen functional groups attached to an aromatic ring is 1. The number of nitrogens with two attached hydrogens (primary N) is 1. The number of hydrogen-bond donors (Lipinski definition) is 3. The SMILES string of the molecule is Cc1cc(NN)c(C(=O)N2CC(CO)OCC2C)cn1. The van der Waals surface area contributed by atoms with E-state index in [9.17, 15) is 9.90 Å². The molecule has 1 aliphatic rings. The van der Waals surface area contributed by atoms with Gasteiger partial charge in [0, 0.05) is 18.4 Å². The number of morpholine rings is 1. The van der Waals surface area contributed by atoms with Crippen LogP contribution >= 0.6 is 0 Å². The smallest absolute Gasteiger partial charge is 0.257 e. The van der Waals surface area contributed by atoms with E-state index in [2.05, 4.69) is 10.4 Å². The summed E-state index contributed by atoms with van der Waals surface area (Å²) >= 11 is 0. The summed E-state index contributed by atoms with van der Waals surface area (Å²) in [6.07, 6.45) is 1.17. The van der Waals surface area contributed by atoms with Crippen LogP contribution in [-0.2, 0) is 4.74 Å². The monoisotopic (exact) mass is 280 g/mol. The third-order valence-corrected chi connectivity index (χ3v) is 3.40. The van der Waals surface area contributed by atoms with Crippen LogP contribution in [-0.4, -0.2) is 52.8 Å². The first kappa shape index (κ1) is 14.7. The van der Waals surface area contributed by atoms with Crippen LogP contribution in [0, 0.1) is 6.92 Å². The molecule has 1 aromatic rings. The van der Waals surface area contributed by atoms with E-state index in [4.69, 9.17) is 10.6 Å². The number of amides is 1. The number of carbonyl (C=O) groups excluding carboxylic acids is 1. The minimum absolute atomic E-state index is 0.0581. The molecule has 1 saturated heterocycles. The average Bonchev–Trinajstić information content (AvgIpc) is 2.47. The maximum atomic E-state index is 12.6. The van der Waals surface area contributed by atoms with Crippen LogP contribution in [0.5, 0.6) is 0 Å². The van der Waals surface area contributed by atoms with Crippen LogP contribution in [0.25, 0.3) is 0 Å². The molecule has 1 aliphatic heterocycles. The van der Waals surface area contributed by atoms with Gasteiger partial charge >= 0.3 is 0 Å². The van der Waals surface area contributed by atoms with Crippen molar-refractivity contribution in [2.45, 2.75) is 26.0 Å². The molecule has 4 N–H and O–H groups in total. The lowest BCUT2D eigenvalue weighted by atomic mass is 10.1. The van der Waals surface area contributed by atoms with Crippen molar-refractivity contribution in [3.8, 4) is 0 Å². The third-order valence-electron chi connectivity index (χ3n) is 3.40. The Kier molecular flexibility index (Phi) is 4.53. The standard InChI is InChI=1S/C13H20N4O3/c1-8-3-12(16-14)11(4-15-8)13(19)17-5-10(6-18)20-7-9(17)2/h3-4,9-10,18H,5-7,14H2,1-2H3,(H,15,16). The van der Waals surface area contributed by atoms with E-state index in [1.54, 1.807) is 11.0 Å². The molecule has 7 heteroatoms. The van der Waals surface area contributed by atoms with E-state index >= 15 is 0 Å². The Hall–Kier alpha value is -1.70. The van der Waals surface area contributed by atoms with Crippen molar-refractivity contribution >= 4 is 11.6 Å². The van der Waals surface area contributed by atoms with Crippen molar-refractivity contribution in [1.82, 2.24) is 9.88 Å². The highest BCUT2D eigenvalue weighted by Crippen LogP contribution is 2.20. The number of anilines is 1. The molecule has 110 valence electrons. The molecule has 1 aromatic heterocycles. The molecule has 2 atom stereocenters. The number of ether oxygens (including phenoxy) is 1. The first-order valence-corrected chi connectivity index (χ1v) is 6.53. The normalized spacial score (nSPS) is 22.7. The summed E-state index contributed by atoms with van der Waals surface area (Å²) in [7, 11) is 0. The maximum Gasteiger partial charge on any atom is 0.257 e. The second-order valence-corrected chi connectivity index (χ2v) is 4.96. The Bertz CT molecular complexity index is 495. The summed E-state index contributed by atoms with van der Waals surface area (Å²) in [5, 5.41) is 9.18. The number of nitrogens with zero attached hydrogens (tertiary/aromatic N) is 2. The van der Waals surface area contributed by atoms with Gasteiger partial charge in [-0.2, -0.15) is 0 Å². The Morgan fingerprint density at radius 3 is 3.10 bits per heavy atom. The van der Waals surface area contributed by atoms with Crippen molar-refractivity contribution in [1.29, 1.82) is 0 Å². The number of hydrazine groups is 1. The first-order valence-electron chi connectivity index (χ1n) is 6.53. The van der Waals surface area contributed by atoms with Gasteiger partial charge in [0.2, 0.25) is 0 Å². The molecule has 0 spiro atoms. The Balaban J connectivity index is 2.25. The van der Waals surface area contributed by atoms with Crippen molar-refractivity contribution in [3.05, 3.63) is 23.5 Å². The van der Waals surface area contributed by atoms with Gasteiger partial charge in [0.25, 0.3) is 5.91 Å². The second kappa shape index (κ2) is 6.17. The number of rotatable bonds is 3. The maximum absolute atomic E-state index is 12.6. The van der Waals surface area contributed by atoms with Gasteiger partial charge in [-0.1, -0.05) is 0 Å². The second-order valence-electron chi connectivity index (χ2n) is 4.96. The van der Waals surface area contributed by atoms with E-state index in [1.165, 1.54) is 6.20 Å². The van der Waals surface area contributed by atoms with Gasteiger partial charge in [-0.25, -0.2) is 0 Å². The number of nitrogens with one attached hydrogen (secondary N) is 1. The largest absolute Gasteiger partial charge is 0.394 e. The number of aryl methyl sites for hydroxylation is 1. The molecular weight excluding hydrogens is 260 g/mol. The zero-order chi connectivity index (χ0) is 14.7. The van der Waals surface area contributed by atoms with E-state index < -0.39 is 0 Å². The molecule has 7 nitrogen and oxygen atoms in total. The van der Waals surface area contributed by atoms with Crippen molar-refractivity contribution < 1.29 is 14.6 Å². The highest BCUT2D eigenvalue weighted by molar-refractivity contribution is 5.99. The molecule has 0 radical (unpaired) electrons. The van der Waals surface area contributed by atoms with Crippen LogP contribution in [0.2, 0.25) is 0 Å². The van der Waals surface area contributed by atoms with Crippen LogP contribution in [0.3, 0.4) is 0 Å². The molecule has 0 saturated carbocycles. The molecule has 0 aromatic carbocycles. The van der Waals surface area contributed by atoms with Gasteiger partial charge in [-0.05, 0) is 19.9 Å². The van der Waals surface area contributed by atoms with Crippen LogP contribution < -0.4 is 11.3 Å². The van der Waals surface area contributed by atoms with E-state index in [0.29, 0.717) is 24.4 Å². The fourth-order valence-corrected chi connectivity index (χ4v) is 2.22. The summed E-state index contributed by atoms with van der Waals surface area (Å²) < 4.78 is 5.43. The van der Waals surface area contributed by atoms with E-state index in [1.807, 2.05) is 13.8 Å². The molecule has 2 heterocycles. The quantitative estimate of drug-likeness (QED) is 0.528. The van der Waals surface area contributed by atoms with E-state index in [-0.39, 0.29) is 24.7 Å². The Morgan fingerprint density at radius 2 is 2.45 bits per heavy atom. The molecule has 1 fully saturated rings. The number of aromatic nitrogens is 1. The molecule has 0 bridgehead atoms. The summed E-state index contributed by atoms with van der Waals surface area (Å²) in [4.78, 5) is 18.4. The molecule has 1 amide bonds. The zero-order valence-electron chi connectivity index (χ0n) is 11.7. The number of carbonyl (C=O) groups is 1. The van der Waals surface area contributed by atoms with Gasteiger partial charge in [0.1, 0.15) is 0 Å². The lowest BCUT2D eigenvalue weighted by Crippen LogP contribution is -2.52. The van der Waals surface area contributed by atoms with E-state index in [0.717, 1.165) is 5.69 Å². The van der Waals surface area contributed by atoms with Gasteiger partial charge < -0.3 is 20.2 Å². The Morgan fingerprint density at radius 1 is 1.70 bits per heavy atom. The van der Waals surface area contributed by atoms with Gasteiger partial charge in [-0.3, -0.25) is 15.6 Å². The molecule has 20 heavy (non-hydrogen) atoms. The topological polar surface area (TPSA) is 101 Å². The minimum Gasteiger partial charge on any atom is -0.394 e. The lowest BCUT2D eigenvalue weighted by Gasteiger charge is -2.37. The molecule has 0 aliphatic carbocycles. The lowest BCUT2D eigenvalue weighted by molar-refractivity contribution is -0.0667.